The summed E-state index contributed by atoms with van der Waals surface area (Å²) in [5, 5.41) is 3.29. The number of hydrogen-bond acceptors (Lipinski definition) is 4. The van der Waals surface area contributed by atoms with Gasteiger partial charge in [0.15, 0.2) is 0 Å². The van der Waals surface area contributed by atoms with Crippen molar-refractivity contribution < 1.29 is 4.74 Å². The van der Waals surface area contributed by atoms with Crippen LogP contribution in [-0.4, -0.2) is 18.1 Å². The third-order valence-corrected chi connectivity index (χ3v) is 2.46. The van der Waals surface area contributed by atoms with Crippen molar-refractivity contribution in [3.05, 3.63) is 54.4 Å². The molecule has 2 aromatic rings. The molecule has 2 rings (SSSR count). The van der Waals surface area contributed by atoms with Gasteiger partial charge in [-0.15, -0.1) is 0 Å². The van der Waals surface area contributed by atoms with Crippen molar-refractivity contribution in [2.75, 3.05) is 18.9 Å². The van der Waals surface area contributed by atoms with E-state index >= 15 is 0 Å². The molecule has 3 N–H and O–H groups in total. The number of rotatable bonds is 6. The molecule has 0 radical (unpaired) electrons. The summed E-state index contributed by atoms with van der Waals surface area (Å²) in [7, 11) is 0. The molecular weight excluding hydrogens is 226 g/mol. The van der Waals surface area contributed by atoms with E-state index < -0.39 is 0 Å². The molecule has 0 aliphatic heterocycles. The van der Waals surface area contributed by atoms with E-state index in [1.54, 1.807) is 6.20 Å². The lowest BCUT2D eigenvalue weighted by atomic mass is 10.3. The number of nitrogens with one attached hydrogen (secondary N) is 1. The van der Waals surface area contributed by atoms with E-state index in [1.165, 1.54) is 5.56 Å². The van der Waals surface area contributed by atoms with Crippen LogP contribution in [-0.2, 0) is 6.54 Å². The number of pyridine rings is 1. The highest BCUT2D eigenvalue weighted by Crippen LogP contribution is 2.13. The lowest BCUT2D eigenvalue weighted by molar-refractivity contribution is 0.314. The Balaban J connectivity index is 1.65. The number of aromatic nitrogens is 1. The van der Waals surface area contributed by atoms with Crippen molar-refractivity contribution in [3.63, 3.8) is 0 Å². The molecule has 4 heteroatoms. The van der Waals surface area contributed by atoms with Crippen molar-refractivity contribution in [1.82, 2.24) is 10.3 Å². The number of benzene rings is 1. The predicted octanol–water partition coefficient (Wildman–Crippen LogP) is 1.83. The summed E-state index contributed by atoms with van der Waals surface area (Å²) < 4.78 is 5.57. The molecule has 18 heavy (non-hydrogen) atoms. The quantitative estimate of drug-likeness (QED) is 0.600. The fourth-order valence-corrected chi connectivity index (χ4v) is 1.58. The largest absolute Gasteiger partial charge is 0.492 e. The van der Waals surface area contributed by atoms with E-state index in [0.29, 0.717) is 6.61 Å². The zero-order valence-corrected chi connectivity index (χ0v) is 10.2. The second-order valence-electron chi connectivity index (χ2n) is 3.96. The minimum atomic E-state index is 0.615. The van der Waals surface area contributed by atoms with Crippen LogP contribution in [0.4, 0.5) is 5.69 Å². The van der Waals surface area contributed by atoms with Crippen LogP contribution in [0, 0.1) is 0 Å². The Hall–Kier alpha value is -2.07. The van der Waals surface area contributed by atoms with Gasteiger partial charge in [0.1, 0.15) is 12.4 Å². The Morgan fingerprint density at radius 3 is 2.94 bits per heavy atom. The van der Waals surface area contributed by atoms with E-state index in [-0.39, 0.29) is 0 Å². The Morgan fingerprint density at radius 2 is 2.17 bits per heavy atom. The summed E-state index contributed by atoms with van der Waals surface area (Å²) in [5.74, 6) is 0.804. The van der Waals surface area contributed by atoms with Gasteiger partial charge in [-0.3, -0.25) is 4.98 Å². The Kier molecular flexibility index (Phi) is 4.55. The van der Waals surface area contributed by atoms with Gasteiger partial charge in [-0.1, -0.05) is 12.1 Å². The fraction of sp³-hybridized carbons (Fsp3) is 0.214. The van der Waals surface area contributed by atoms with E-state index in [1.807, 2.05) is 42.6 Å². The SMILES string of the molecule is Nc1cccc(OCCNCc2cccnc2)c1. The smallest absolute Gasteiger partial charge is 0.121 e. The maximum atomic E-state index is 5.66. The molecule has 0 saturated heterocycles. The molecule has 0 spiro atoms. The van der Waals surface area contributed by atoms with Crippen molar-refractivity contribution in [2.45, 2.75) is 6.54 Å². The topological polar surface area (TPSA) is 60.2 Å². The summed E-state index contributed by atoms with van der Waals surface area (Å²) in [6.45, 7) is 2.20. The third kappa shape index (κ3) is 4.07. The van der Waals surface area contributed by atoms with Gasteiger partial charge in [0.2, 0.25) is 0 Å². The van der Waals surface area contributed by atoms with Gasteiger partial charge in [0.25, 0.3) is 0 Å². The third-order valence-electron chi connectivity index (χ3n) is 2.46. The summed E-state index contributed by atoms with van der Waals surface area (Å²) in [6.07, 6.45) is 3.62. The first-order valence-corrected chi connectivity index (χ1v) is 5.92. The van der Waals surface area contributed by atoms with E-state index in [4.69, 9.17) is 10.5 Å². The standard InChI is InChI=1S/C14H17N3O/c15-13-4-1-5-14(9-13)18-8-7-17-11-12-3-2-6-16-10-12/h1-6,9-10,17H,7-8,11,15H2. The van der Waals surface area contributed by atoms with Gasteiger partial charge in [0, 0.05) is 37.2 Å². The summed E-state index contributed by atoms with van der Waals surface area (Å²) >= 11 is 0. The number of nitrogens with two attached hydrogens (primary N) is 1. The monoisotopic (exact) mass is 243 g/mol. The highest BCUT2D eigenvalue weighted by molar-refractivity contribution is 5.43. The predicted molar refractivity (Wildman–Crippen MR) is 72.3 cm³/mol. The molecule has 0 unspecified atom stereocenters. The number of hydrogen-bond donors (Lipinski definition) is 2. The Bertz CT molecular complexity index is 473. The van der Waals surface area contributed by atoms with Crippen LogP contribution in [0.15, 0.2) is 48.8 Å². The molecule has 0 saturated carbocycles. The highest BCUT2D eigenvalue weighted by Gasteiger charge is 1.95. The molecule has 0 bridgehead atoms. The molecule has 0 fully saturated rings. The van der Waals surface area contributed by atoms with Crippen LogP contribution >= 0.6 is 0 Å². The molecule has 1 heterocycles. The van der Waals surface area contributed by atoms with Crippen molar-refractivity contribution in [3.8, 4) is 5.75 Å². The van der Waals surface area contributed by atoms with Crippen LogP contribution < -0.4 is 15.8 Å². The first-order valence-electron chi connectivity index (χ1n) is 5.92. The minimum Gasteiger partial charge on any atom is -0.492 e. The molecular formula is C14H17N3O. The lowest BCUT2D eigenvalue weighted by Gasteiger charge is -2.08. The van der Waals surface area contributed by atoms with Gasteiger partial charge in [-0.05, 0) is 23.8 Å². The normalized spacial score (nSPS) is 10.2. The minimum absolute atomic E-state index is 0.615. The molecule has 0 atom stereocenters. The molecule has 94 valence electrons. The lowest BCUT2D eigenvalue weighted by Crippen LogP contribution is -2.20. The maximum absolute atomic E-state index is 5.66. The molecule has 0 amide bonds. The van der Waals surface area contributed by atoms with Crippen molar-refractivity contribution >= 4 is 5.69 Å². The zero-order chi connectivity index (χ0) is 12.6. The first kappa shape index (κ1) is 12.4. The Morgan fingerprint density at radius 1 is 1.22 bits per heavy atom. The number of nitrogen functional groups attached to an aromatic ring is 1. The van der Waals surface area contributed by atoms with Crippen LogP contribution in [0.25, 0.3) is 0 Å². The number of ether oxygens (including phenoxy) is 1. The van der Waals surface area contributed by atoms with Crippen LogP contribution in [0.3, 0.4) is 0 Å². The van der Waals surface area contributed by atoms with Crippen LogP contribution in [0.2, 0.25) is 0 Å². The molecule has 0 aliphatic rings. The van der Waals surface area contributed by atoms with Crippen LogP contribution in [0.5, 0.6) is 5.75 Å². The average molecular weight is 243 g/mol. The highest BCUT2D eigenvalue weighted by atomic mass is 16.5. The van der Waals surface area contributed by atoms with Crippen LogP contribution in [0.1, 0.15) is 5.56 Å². The second kappa shape index (κ2) is 6.61. The molecule has 0 aliphatic carbocycles. The number of nitrogens with zero attached hydrogens (tertiary/aromatic N) is 1. The fourth-order valence-electron chi connectivity index (χ4n) is 1.58. The average Bonchev–Trinajstić information content (AvgIpc) is 2.40. The van der Waals surface area contributed by atoms with E-state index in [9.17, 15) is 0 Å². The molecule has 4 nitrogen and oxygen atoms in total. The molecule has 1 aromatic heterocycles. The van der Waals surface area contributed by atoms with E-state index in [0.717, 1.165) is 24.5 Å². The van der Waals surface area contributed by atoms with Crippen molar-refractivity contribution in [1.29, 1.82) is 0 Å². The second-order valence-corrected chi connectivity index (χ2v) is 3.96. The summed E-state index contributed by atoms with van der Waals surface area (Å²) in [6, 6.07) is 11.4. The van der Waals surface area contributed by atoms with Gasteiger partial charge >= 0.3 is 0 Å². The zero-order valence-electron chi connectivity index (χ0n) is 10.2. The van der Waals surface area contributed by atoms with Gasteiger partial charge in [0.05, 0.1) is 0 Å². The summed E-state index contributed by atoms with van der Waals surface area (Å²) in [5.41, 5.74) is 7.55. The number of anilines is 1. The van der Waals surface area contributed by atoms with Gasteiger partial charge in [-0.2, -0.15) is 0 Å². The summed E-state index contributed by atoms with van der Waals surface area (Å²) in [4.78, 5) is 4.06. The van der Waals surface area contributed by atoms with Crippen molar-refractivity contribution in [2.24, 2.45) is 0 Å². The van der Waals surface area contributed by atoms with Gasteiger partial charge in [-0.25, -0.2) is 0 Å². The van der Waals surface area contributed by atoms with E-state index in [2.05, 4.69) is 10.3 Å². The maximum Gasteiger partial charge on any atom is 0.121 e. The molecule has 1 aromatic carbocycles. The first-order chi connectivity index (χ1) is 8.84. The van der Waals surface area contributed by atoms with Gasteiger partial charge < -0.3 is 15.8 Å². The Labute approximate surface area is 107 Å².